The van der Waals surface area contributed by atoms with Crippen LogP contribution in [0.4, 0.5) is 0 Å². The maximum atomic E-state index is 5.23. The maximum absolute atomic E-state index is 5.23. The highest BCUT2D eigenvalue weighted by Gasteiger charge is 2.23. The number of aromatic nitrogens is 12. The number of hydrogen-bond acceptors (Lipinski definition) is 9. The van der Waals surface area contributed by atoms with Gasteiger partial charge in [-0.05, 0) is 306 Å². The number of rotatable bonds is 18. The van der Waals surface area contributed by atoms with Crippen LogP contribution in [0.5, 0.6) is 0 Å². The van der Waals surface area contributed by atoms with Crippen molar-refractivity contribution in [1.29, 1.82) is 0 Å². The van der Waals surface area contributed by atoms with Crippen LogP contribution < -0.4 is 0 Å². The number of para-hydroxylation sites is 3. The summed E-state index contributed by atoms with van der Waals surface area (Å²) in [6, 6.07) is 175. The van der Waals surface area contributed by atoms with Gasteiger partial charge in [0.1, 0.15) is 5.65 Å². The molecule has 27 aromatic rings. The minimum Gasteiger partial charge on any atom is -0.309 e. The summed E-state index contributed by atoms with van der Waals surface area (Å²) in [5, 5.41) is 7.01. The molecule has 0 aliphatic heterocycles. The molecule has 0 saturated carbocycles. The molecule has 12 aromatic heterocycles. The summed E-state index contributed by atoms with van der Waals surface area (Å²) < 4.78 is 6.85. The zero-order valence-corrected chi connectivity index (χ0v) is 79.8. The van der Waals surface area contributed by atoms with Crippen molar-refractivity contribution in [3.8, 4) is 185 Å². The fourth-order valence-corrected chi connectivity index (χ4v) is 20.3. The van der Waals surface area contributed by atoms with Crippen LogP contribution in [-0.2, 0) is 0 Å². The first kappa shape index (κ1) is 88.5. The topological polar surface area (TPSA) is 131 Å². The fourth-order valence-electron chi connectivity index (χ4n) is 20.3. The second-order valence-corrected chi connectivity index (χ2v) is 36.5. The van der Waals surface area contributed by atoms with Gasteiger partial charge in [0.2, 0.25) is 0 Å². The quantitative estimate of drug-likeness (QED) is 0.0824. The Hall–Kier alpha value is -20.0. The van der Waals surface area contributed by atoms with E-state index in [1.807, 2.05) is 110 Å². The van der Waals surface area contributed by atoms with E-state index in [9.17, 15) is 0 Å². The first-order valence-electron chi connectivity index (χ1n) is 49.3. The van der Waals surface area contributed by atoms with Gasteiger partial charge in [0.05, 0.1) is 85.0 Å². The van der Waals surface area contributed by atoms with Gasteiger partial charge < -0.3 is 9.13 Å². The predicted molar refractivity (Wildman–Crippen MR) is 604 cm³/mol. The van der Waals surface area contributed by atoms with Crippen molar-refractivity contribution >= 4 is 65.5 Å². The number of benzene rings is 15. The Kier molecular flexibility index (Phi) is 23.8. The molecule has 12 heteroatoms. The Labute approximate surface area is 850 Å². The van der Waals surface area contributed by atoms with E-state index in [1.54, 1.807) is 0 Å². The highest BCUT2D eigenvalue weighted by molar-refractivity contribution is 6.11. The summed E-state index contributed by atoms with van der Waals surface area (Å²) in [4.78, 5) is 43.5. The zero-order chi connectivity index (χ0) is 97.7. The first-order valence-corrected chi connectivity index (χ1v) is 49.3. The van der Waals surface area contributed by atoms with E-state index in [0.29, 0.717) is 0 Å². The van der Waals surface area contributed by atoms with E-state index in [1.165, 1.54) is 54.9 Å². The van der Waals surface area contributed by atoms with Gasteiger partial charge in [0.15, 0.2) is 0 Å². The third-order valence-corrected chi connectivity index (χ3v) is 27.3. The molecule has 27 rings (SSSR count). The molecule has 12 nitrogen and oxygen atoms in total. The van der Waals surface area contributed by atoms with Crippen LogP contribution in [0.15, 0.2) is 547 Å². The molecule has 0 spiro atoms. The SMILES string of the molecule is c1ccc(-c2cc(-c3ccccc3)cc(-c3cc(-c4cccc(-n5c6ccccc6c6cccnc65)c4)nc(-c4ccccn4)c3)c2)cc1.c1ccc(-c2cc(-c3ccccc3)cc(-c3cc(-c4cccc(-n5c6ccccc6c6ccncc65)c4)nc(-c4ccccn4)c3)c2)cc1.c1ccc(-c2cc(-c3ccccc3)cc(-c3cc(-c4cccc(-n5c6ccccc6c6cnccc65)c4)nc(-c4ccccn4)c3)c2)cc1. The maximum Gasteiger partial charge on any atom is 0.145 e. The molecule has 0 unspecified atom stereocenters. The van der Waals surface area contributed by atoms with Crippen molar-refractivity contribution in [3.63, 3.8) is 0 Å². The second-order valence-electron chi connectivity index (χ2n) is 36.5. The van der Waals surface area contributed by atoms with E-state index in [-0.39, 0.29) is 0 Å². The van der Waals surface area contributed by atoms with Gasteiger partial charge in [-0.25, -0.2) is 19.9 Å². The Morgan fingerprint density at radius 1 is 0.129 bits per heavy atom. The largest absolute Gasteiger partial charge is 0.309 e. The van der Waals surface area contributed by atoms with Gasteiger partial charge in [-0.2, -0.15) is 0 Å². The van der Waals surface area contributed by atoms with Crippen molar-refractivity contribution in [3.05, 3.63) is 547 Å². The number of pyridine rings is 9. The molecule has 690 valence electrons. The third-order valence-electron chi connectivity index (χ3n) is 27.3. The van der Waals surface area contributed by atoms with Crippen molar-refractivity contribution in [2.24, 2.45) is 0 Å². The van der Waals surface area contributed by atoms with Crippen LogP contribution in [-0.4, -0.2) is 58.6 Å². The molecular weight excluding hydrogens is 1790 g/mol. The van der Waals surface area contributed by atoms with E-state index in [0.717, 1.165) is 196 Å². The Morgan fingerprint density at radius 2 is 0.388 bits per heavy atom. The second kappa shape index (κ2) is 39.6. The van der Waals surface area contributed by atoms with Gasteiger partial charge in [0, 0.05) is 109 Å². The van der Waals surface area contributed by atoms with Crippen LogP contribution in [0.3, 0.4) is 0 Å². The summed E-state index contributed by atoms with van der Waals surface area (Å²) >= 11 is 0. The van der Waals surface area contributed by atoms with Gasteiger partial charge >= 0.3 is 0 Å². The molecule has 0 saturated heterocycles. The molecule has 0 aliphatic carbocycles. The number of fused-ring (bicyclic) bond motifs is 9. The summed E-state index contributed by atoms with van der Waals surface area (Å²) in [7, 11) is 0. The van der Waals surface area contributed by atoms with E-state index < -0.39 is 0 Å². The minimum absolute atomic E-state index is 0.823. The first-order chi connectivity index (χ1) is 72.8. The monoisotopic (exact) mass is 1880 g/mol. The van der Waals surface area contributed by atoms with E-state index in [2.05, 4.69) is 460 Å². The molecular formula is C135H90N12. The molecule has 147 heavy (non-hydrogen) atoms. The highest BCUT2D eigenvalue weighted by atomic mass is 15.0. The van der Waals surface area contributed by atoms with Crippen LogP contribution in [0.25, 0.3) is 251 Å². The normalized spacial score (nSPS) is 11.3. The van der Waals surface area contributed by atoms with Gasteiger partial charge in [-0.3, -0.25) is 29.5 Å². The summed E-state index contributed by atoms with van der Waals surface area (Å²) in [5.74, 6) is 0. The van der Waals surface area contributed by atoms with Gasteiger partial charge in [-0.15, -0.1) is 0 Å². The molecule has 0 bridgehead atoms. The molecule has 0 fully saturated rings. The fraction of sp³-hybridized carbons (Fsp3) is 0. The molecule has 0 amide bonds. The summed E-state index contributed by atoms with van der Waals surface area (Å²) in [5.41, 5.74) is 41.0. The van der Waals surface area contributed by atoms with Gasteiger partial charge in [0.25, 0.3) is 0 Å². The minimum atomic E-state index is 0.823. The van der Waals surface area contributed by atoms with Crippen molar-refractivity contribution in [2.45, 2.75) is 0 Å². The highest BCUT2D eigenvalue weighted by Crippen LogP contribution is 2.45. The molecule has 0 radical (unpaired) electrons. The lowest BCUT2D eigenvalue weighted by atomic mass is 9.92. The van der Waals surface area contributed by atoms with Crippen LogP contribution in [0.2, 0.25) is 0 Å². The van der Waals surface area contributed by atoms with Crippen molar-refractivity contribution < 1.29 is 0 Å². The van der Waals surface area contributed by atoms with Crippen molar-refractivity contribution in [1.82, 2.24) is 58.6 Å². The summed E-state index contributed by atoms with van der Waals surface area (Å²) in [6.45, 7) is 0. The molecule has 0 atom stereocenters. The van der Waals surface area contributed by atoms with E-state index in [4.69, 9.17) is 34.9 Å². The average Bonchev–Trinajstić information content (AvgIpc) is 1.61. The Morgan fingerprint density at radius 3 is 0.755 bits per heavy atom. The smallest absolute Gasteiger partial charge is 0.145 e. The average molecular weight is 1880 g/mol. The molecule has 0 N–H and O–H groups in total. The predicted octanol–water partition coefficient (Wildman–Crippen LogP) is 33.9. The number of nitrogens with zero attached hydrogens (tertiary/aromatic N) is 12. The Bertz CT molecular complexity index is 8310. The third kappa shape index (κ3) is 18.0. The standard InChI is InChI=1S/3C45H30N4/c1-3-13-31(14-4-1)34-25-35(32-15-5-2-6-16-32)27-36(26-34)37-29-42(48-43(30-37)41-21-9-10-23-46-41)33-17-11-18-38(28-33)49-44-22-8-7-19-39(44)40-20-12-24-47-45(40)49;1-3-12-31(13-4-1)34-24-35(32-14-5-2-6-15-32)26-36(25-34)37-28-42(48-43(29-37)41-19-9-10-22-47-41)33-16-11-17-38(27-33)49-44-20-8-7-18-39(44)40-30-46-23-21-45(40)49;1-3-12-31(13-4-1)34-24-35(32-14-5-2-6-15-32)26-36(25-34)37-28-42(48-43(29-37)41-19-9-10-22-47-41)33-16-11-17-38(27-33)49-44-20-8-7-18-39(44)40-21-23-46-30-45(40)49/h3*1-30H. The summed E-state index contributed by atoms with van der Waals surface area (Å²) in [6.07, 6.45) is 15.0. The molecule has 0 aliphatic rings. The van der Waals surface area contributed by atoms with Gasteiger partial charge in [-0.1, -0.05) is 291 Å². The lowest BCUT2D eigenvalue weighted by Crippen LogP contribution is -1.97. The lowest BCUT2D eigenvalue weighted by Gasteiger charge is -2.14. The van der Waals surface area contributed by atoms with E-state index >= 15 is 0 Å². The number of hydrogen-bond donors (Lipinski definition) is 0. The lowest BCUT2D eigenvalue weighted by molar-refractivity contribution is 1.13. The Balaban J connectivity index is 0.000000115. The van der Waals surface area contributed by atoms with Crippen LogP contribution in [0, 0.1) is 0 Å². The van der Waals surface area contributed by atoms with Crippen molar-refractivity contribution in [2.75, 3.05) is 0 Å². The van der Waals surface area contributed by atoms with Crippen LogP contribution >= 0.6 is 0 Å². The molecule has 15 aromatic carbocycles. The van der Waals surface area contributed by atoms with Crippen LogP contribution in [0.1, 0.15) is 0 Å². The zero-order valence-electron chi connectivity index (χ0n) is 79.8. The molecule has 12 heterocycles.